The molecule has 140 valence electrons. The van der Waals surface area contributed by atoms with E-state index >= 15 is 0 Å². The summed E-state index contributed by atoms with van der Waals surface area (Å²) in [5, 5.41) is 11.3. The molecule has 0 atom stereocenters. The highest BCUT2D eigenvalue weighted by atomic mass is 79.9. The number of carbonyl (C=O) groups is 1. The number of nitrogens with one attached hydrogen (secondary N) is 2. The van der Waals surface area contributed by atoms with Crippen molar-refractivity contribution >= 4 is 44.9 Å². The van der Waals surface area contributed by atoms with Crippen molar-refractivity contribution in [2.45, 2.75) is 33.7 Å². The summed E-state index contributed by atoms with van der Waals surface area (Å²) in [6.45, 7) is 7.74. The van der Waals surface area contributed by atoms with E-state index in [9.17, 15) is 4.79 Å². The molecule has 0 radical (unpaired) electrons. The van der Waals surface area contributed by atoms with Crippen molar-refractivity contribution in [3.8, 4) is 0 Å². The van der Waals surface area contributed by atoms with Crippen molar-refractivity contribution < 1.29 is 9.53 Å². The summed E-state index contributed by atoms with van der Waals surface area (Å²) in [5.41, 5.74) is 3.47. The first-order valence-electron chi connectivity index (χ1n) is 8.44. The lowest BCUT2D eigenvalue weighted by molar-refractivity contribution is 0.0526. The number of aromatic nitrogens is 2. The maximum atomic E-state index is 11.6. The Balaban J connectivity index is 1.75. The number of rotatable bonds is 7. The maximum Gasteiger partial charge on any atom is 0.338 e. The lowest BCUT2D eigenvalue weighted by atomic mass is 10.2. The molecule has 2 rings (SSSR count). The quantitative estimate of drug-likeness (QED) is 0.389. The Bertz CT molecular complexity index is 774. The molecule has 0 bridgehead atoms. The zero-order valence-corrected chi connectivity index (χ0v) is 17.5. The molecule has 0 saturated carbocycles. The summed E-state index contributed by atoms with van der Waals surface area (Å²) in [6.07, 6.45) is 0.901. The second-order valence-corrected chi connectivity index (χ2v) is 6.94. The third-order valence-corrected chi connectivity index (χ3v) is 5.17. The largest absolute Gasteiger partial charge is 0.462 e. The van der Waals surface area contributed by atoms with Gasteiger partial charge in [0, 0.05) is 24.5 Å². The number of esters is 1. The molecule has 2 aromatic rings. The Labute approximate surface area is 167 Å². The van der Waals surface area contributed by atoms with Crippen molar-refractivity contribution in [1.29, 1.82) is 0 Å². The van der Waals surface area contributed by atoms with Gasteiger partial charge in [-0.15, -0.1) is 0 Å². The van der Waals surface area contributed by atoms with E-state index in [1.54, 1.807) is 31.2 Å². The predicted molar refractivity (Wildman–Crippen MR) is 111 cm³/mol. The van der Waals surface area contributed by atoms with Crippen LogP contribution in [0.1, 0.15) is 35.1 Å². The number of benzene rings is 1. The van der Waals surface area contributed by atoms with Crippen molar-refractivity contribution in [2.75, 3.05) is 18.5 Å². The third kappa shape index (κ3) is 5.54. The van der Waals surface area contributed by atoms with Gasteiger partial charge in [0.05, 0.1) is 22.3 Å². The first-order valence-corrected chi connectivity index (χ1v) is 9.64. The predicted octanol–water partition coefficient (Wildman–Crippen LogP) is 3.82. The van der Waals surface area contributed by atoms with E-state index in [2.05, 4.69) is 31.7 Å². The molecule has 0 spiro atoms. The van der Waals surface area contributed by atoms with Crippen molar-refractivity contribution in [3.63, 3.8) is 0 Å². The van der Waals surface area contributed by atoms with Crippen LogP contribution in [-0.2, 0) is 11.3 Å². The van der Waals surface area contributed by atoms with Crippen LogP contribution in [0.4, 0.5) is 5.69 Å². The van der Waals surface area contributed by atoms with Gasteiger partial charge in [-0.05, 0) is 79.6 Å². The molecular weight excluding hydrogens is 416 g/mol. The fourth-order valence-corrected chi connectivity index (χ4v) is 2.91. The van der Waals surface area contributed by atoms with E-state index in [4.69, 9.17) is 17.0 Å². The summed E-state index contributed by atoms with van der Waals surface area (Å²) < 4.78 is 8.02. The maximum absolute atomic E-state index is 11.6. The second kappa shape index (κ2) is 9.68. The number of nitrogens with zero attached hydrogens (tertiary/aromatic N) is 2. The van der Waals surface area contributed by atoms with Gasteiger partial charge in [0.15, 0.2) is 5.11 Å². The fraction of sp³-hybridized carbons (Fsp3) is 0.389. The Morgan fingerprint density at radius 2 is 2.00 bits per heavy atom. The zero-order chi connectivity index (χ0) is 19.1. The number of hydrogen-bond acceptors (Lipinski definition) is 4. The number of thiocarbonyl (C=S) groups is 1. The highest BCUT2D eigenvalue weighted by Crippen LogP contribution is 2.19. The van der Waals surface area contributed by atoms with Gasteiger partial charge < -0.3 is 15.4 Å². The molecule has 0 saturated heterocycles. The molecule has 0 unspecified atom stereocenters. The minimum Gasteiger partial charge on any atom is -0.462 e. The number of aryl methyl sites for hydroxylation is 2. The van der Waals surface area contributed by atoms with Crippen LogP contribution in [0.2, 0.25) is 0 Å². The Hall–Kier alpha value is -1.93. The summed E-state index contributed by atoms with van der Waals surface area (Å²) in [5.74, 6) is -0.324. The highest BCUT2D eigenvalue weighted by Gasteiger charge is 2.08. The van der Waals surface area contributed by atoms with E-state index < -0.39 is 0 Å². The van der Waals surface area contributed by atoms with E-state index in [-0.39, 0.29) is 5.97 Å². The second-order valence-electron chi connectivity index (χ2n) is 5.74. The van der Waals surface area contributed by atoms with Crippen LogP contribution in [0.3, 0.4) is 0 Å². The molecule has 0 aliphatic rings. The molecule has 1 aromatic carbocycles. The average Bonchev–Trinajstić information content (AvgIpc) is 2.86. The lowest BCUT2D eigenvalue weighted by Crippen LogP contribution is -2.29. The van der Waals surface area contributed by atoms with Gasteiger partial charge in [-0.2, -0.15) is 5.10 Å². The Kier molecular flexibility index (Phi) is 7.59. The number of carbonyl (C=O) groups excluding carboxylic acids is 1. The van der Waals surface area contributed by atoms with Crippen LogP contribution in [-0.4, -0.2) is 34.0 Å². The van der Waals surface area contributed by atoms with Gasteiger partial charge >= 0.3 is 5.97 Å². The van der Waals surface area contributed by atoms with Gasteiger partial charge in [0.25, 0.3) is 0 Å². The van der Waals surface area contributed by atoms with Crippen LogP contribution >= 0.6 is 28.1 Å². The first-order chi connectivity index (χ1) is 12.4. The van der Waals surface area contributed by atoms with E-state index in [0.717, 1.165) is 41.1 Å². The summed E-state index contributed by atoms with van der Waals surface area (Å²) >= 11 is 8.83. The molecule has 2 N–H and O–H groups in total. The van der Waals surface area contributed by atoms with Gasteiger partial charge in [0.2, 0.25) is 0 Å². The molecule has 0 fully saturated rings. The summed E-state index contributed by atoms with van der Waals surface area (Å²) in [4.78, 5) is 11.6. The number of anilines is 1. The molecule has 6 nitrogen and oxygen atoms in total. The zero-order valence-electron chi connectivity index (χ0n) is 15.1. The SMILES string of the molecule is CCOC(=O)c1ccc(NC(=S)NCCCn2nc(C)c(Br)c2C)cc1. The van der Waals surface area contributed by atoms with Crippen LogP contribution < -0.4 is 10.6 Å². The van der Waals surface area contributed by atoms with Crippen molar-refractivity contribution in [2.24, 2.45) is 0 Å². The lowest BCUT2D eigenvalue weighted by Gasteiger charge is -2.11. The Morgan fingerprint density at radius 1 is 1.31 bits per heavy atom. The normalized spacial score (nSPS) is 10.5. The topological polar surface area (TPSA) is 68.2 Å². The van der Waals surface area contributed by atoms with E-state index in [0.29, 0.717) is 17.3 Å². The molecular formula is C18H23BrN4O2S. The highest BCUT2D eigenvalue weighted by molar-refractivity contribution is 9.10. The molecule has 1 heterocycles. The van der Waals surface area contributed by atoms with Crippen LogP contribution in [0.15, 0.2) is 28.7 Å². The number of halogens is 1. The van der Waals surface area contributed by atoms with Crippen LogP contribution in [0.5, 0.6) is 0 Å². The molecule has 1 aromatic heterocycles. The van der Waals surface area contributed by atoms with Gasteiger partial charge in [-0.3, -0.25) is 4.68 Å². The van der Waals surface area contributed by atoms with Crippen molar-refractivity contribution in [1.82, 2.24) is 15.1 Å². The van der Waals surface area contributed by atoms with Gasteiger partial charge in [-0.25, -0.2) is 4.79 Å². The molecule has 26 heavy (non-hydrogen) atoms. The van der Waals surface area contributed by atoms with Crippen molar-refractivity contribution in [3.05, 3.63) is 45.7 Å². The van der Waals surface area contributed by atoms with Crippen LogP contribution in [0.25, 0.3) is 0 Å². The van der Waals surface area contributed by atoms with E-state index in [1.165, 1.54) is 0 Å². The molecule has 0 aliphatic heterocycles. The summed E-state index contributed by atoms with van der Waals surface area (Å²) in [6, 6.07) is 7.02. The van der Waals surface area contributed by atoms with Crippen LogP contribution in [0, 0.1) is 13.8 Å². The standard InChI is InChI=1S/C18H23BrN4O2S/c1-4-25-17(24)14-6-8-15(9-7-14)21-18(26)20-10-5-11-23-13(3)16(19)12(2)22-23/h6-9H,4-5,10-11H2,1-3H3,(H2,20,21,26). The average molecular weight is 439 g/mol. The minimum absolute atomic E-state index is 0.324. The number of ether oxygens (including phenoxy) is 1. The minimum atomic E-state index is -0.324. The Morgan fingerprint density at radius 3 is 2.58 bits per heavy atom. The van der Waals surface area contributed by atoms with E-state index in [1.807, 2.05) is 18.5 Å². The van der Waals surface area contributed by atoms with Gasteiger partial charge in [-0.1, -0.05) is 0 Å². The third-order valence-electron chi connectivity index (χ3n) is 3.78. The van der Waals surface area contributed by atoms with Gasteiger partial charge in [0.1, 0.15) is 0 Å². The first kappa shape index (κ1) is 20.4. The fourth-order valence-electron chi connectivity index (χ4n) is 2.40. The number of hydrogen-bond donors (Lipinski definition) is 2. The molecule has 0 aliphatic carbocycles. The summed E-state index contributed by atoms with van der Waals surface area (Å²) in [7, 11) is 0. The molecule has 8 heteroatoms. The molecule has 0 amide bonds. The smallest absolute Gasteiger partial charge is 0.338 e. The monoisotopic (exact) mass is 438 g/mol.